The molecule has 0 aliphatic heterocycles. The molecule has 1 N–H and O–H groups in total. The Bertz CT molecular complexity index is 1030. The summed E-state index contributed by atoms with van der Waals surface area (Å²) in [7, 11) is 0. The van der Waals surface area contributed by atoms with Gasteiger partial charge in [0.15, 0.2) is 6.29 Å². The molecule has 0 spiro atoms. The van der Waals surface area contributed by atoms with Gasteiger partial charge in [0, 0.05) is 23.5 Å². The van der Waals surface area contributed by atoms with E-state index in [9.17, 15) is 5.11 Å². The van der Waals surface area contributed by atoms with Gasteiger partial charge in [-0.1, -0.05) is 43.3 Å². The summed E-state index contributed by atoms with van der Waals surface area (Å²) in [6, 6.07) is 35.8. The first-order chi connectivity index (χ1) is 15.2. The summed E-state index contributed by atoms with van der Waals surface area (Å²) in [4.78, 5) is 2.20. The quantitative estimate of drug-likeness (QED) is 0.315. The summed E-state index contributed by atoms with van der Waals surface area (Å²) in [6.45, 7) is 1.86. The predicted molar refractivity (Wildman–Crippen MR) is 125 cm³/mol. The van der Waals surface area contributed by atoms with Crippen LogP contribution in [0.4, 0.5) is 17.1 Å². The fourth-order valence-electron chi connectivity index (χ4n) is 3.23. The average molecular weight is 412 g/mol. The van der Waals surface area contributed by atoms with Gasteiger partial charge < -0.3 is 19.5 Å². The van der Waals surface area contributed by atoms with E-state index in [0.717, 1.165) is 22.8 Å². The first-order valence-electron chi connectivity index (χ1n) is 10.4. The monoisotopic (exact) mass is 411 g/mol. The number of hydrogen-bond acceptors (Lipinski definition) is 4. The lowest BCUT2D eigenvalue weighted by Gasteiger charge is -2.25. The summed E-state index contributed by atoms with van der Waals surface area (Å²) in [5.74, 6) is 2.06. The Labute approximate surface area is 182 Å². The molecule has 4 aromatic carbocycles. The van der Waals surface area contributed by atoms with Crippen LogP contribution in [0, 0.1) is 0 Å². The van der Waals surface area contributed by atoms with Crippen molar-refractivity contribution in [1.29, 1.82) is 0 Å². The number of hydrogen-bond donors (Lipinski definition) is 1. The summed E-state index contributed by atoms with van der Waals surface area (Å²) < 4.78 is 11.4. The van der Waals surface area contributed by atoms with E-state index in [1.54, 1.807) is 12.1 Å². The van der Waals surface area contributed by atoms with Gasteiger partial charge in [-0.3, -0.25) is 0 Å². The topological polar surface area (TPSA) is 41.9 Å². The maximum atomic E-state index is 9.59. The zero-order chi connectivity index (χ0) is 21.5. The van der Waals surface area contributed by atoms with Crippen LogP contribution in [0.1, 0.15) is 13.3 Å². The van der Waals surface area contributed by atoms with Crippen molar-refractivity contribution in [3.05, 3.63) is 109 Å². The predicted octanol–water partition coefficient (Wildman–Crippen LogP) is 7.06. The van der Waals surface area contributed by atoms with Crippen molar-refractivity contribution in [2.45, 2.75) is 19.6 Å². The second kappa shape index (κ2) is 9.83. The van der Waals surface area contributed by atoms with Crippen molar-refractivity contribution < 1.29 is 14.6 Å². The molecule has 31 heavy (non-hydrogen) atoms. The zero-order valence-corrected chi connectivity index (χ0v) is 17.4. The van der Waals surface area contributed by atoms with Crippen LogP contribution in [0.15, 0.2) is 109 Å². The van der Waals surface area contributed by atoms with Gasteiger partial charge in [0.05, 0.1) is 0 Å². The number of para-hydroxylation sites is 2. The highest BCUT2D eigenvalue weighted by Gasteiger charge is 2.12. The smallest absolute Gasteiger partial charge is 0.197 e. The maximum Gasteiger partial charge on any atom is 0.197 e. The third kappa shape index (κ3) is 5.24. The Morgan fingerprint density at radius 3 is 1.52 bits per heavy atom. The van der Waals surface area contributed by atoms with E-state index in [2.05, 4.69) is 29.2 Å². The third-order valence-corrected chi connectivity index (χ3v) is 4.80. The number of ether oxygens (including phenoxy) is 2. The minimum absolute atomic E-state index is 0.535. The minimum Gasteiger partial charge on any atom is -0.465 e. The second-order valence-electron chi connectivity index (χ2n) is 7.05. The van der Waals surface area contributed by atoms with Gasteiger partial charge in [-0.2, -0.15) is 0 Å². The van der Waals surface area contributed by atoms with Crippen LogP contribution >= 0.6 is 0 Å². The number of aliphatic hydroxyl groups excluding tert-OH is 1. The molecule has 0 aliphatic rings. The van der Waals surface area contributed by atoms with Crippen molar-refractivity contribution >= 4 is 17.1 Å². The Balaban J connectivity index is 1.52. The second-order valence-corrected chi connectivity index (χ2v) is 7.05. The van der Waals surface area contributed by atoms with E-state index in [1.165, 1.54) is 0 Å². The molecule has 1 atom stereocenters. The molecule has 0 aromatic heterocycles. The van der Waals surface area contributed by atoms with Crippen molar-refractivity contribution in [3.8, 4) is 17.2 Å². The van der Waals surface area contributed by atoms with Crippen molar-refractivity contribution in [2.75, 3.05) is 4.90 Å². The summed E-state index contributed by atoms with van der Waals surface area (Å²) in [5.41, 5.74) is 3.22. The van der Waals surface area contributed by atoms with Gasteiger partial charge in [0.2, 0.25) is 0 Å². The molecular formula is C27H25NO3. The highest BCUT2D eigenvalue weighted by Crippen LogP contribution is 2.35. The van der Waals surface area contributed by atoms with Gasteiger partial charge in [0.1, 0.15) is 17.2 Å². The molecular weight excluding hydrogens is 386 g/mol. The Kier molecular flexibility index (Phi) is 6.50. The largest absolute Gasteiger partial charge is 0.465 e. The van der Waals surface area contributed by atoms with Crippen LogP contribution in [0.3, 0.4) is 0 Å². The molecule has 0 heterocycles. The SMILES string of the molecule is CCC(O)Oc1ccc(Oc2ccc(N(c3ccccc3)c3ccccc3)cc2)cc1. The standard InChI is InChI=1S/C27H25NO3/c1-2-27(29)31-26-19-17-25(18-20-26)30-24-15-13-23(14-16-24)28(21-9-5-3-6-10-21)22-11-7-4-8-12-22/h3-20,27,29H,2H2,1H3. The number of benzene rings is 4. The summed E-state index contributed by atoms with van der Waals surface area (Å²) in [5, 5.41) is 9.59. The fraction of sp³-hybridized carbons (Fsp3) is 0.111. The maximum absolute atomic E-state index is 9.59. The van der Waals surface area contributed by atoms with Crippen LogP contribution in [-0.2, 0) is 0 Å². The Morgan fingerprint density at radius 2 is 1.03 bits per heavy atom. The van der Waals surface area contributed by atoms with E-state index in [-0.39, 0.29) is 0 Å². The first-order valence-corrected chi connectivity index (χ1v) is 10.4. The summed E-state index contributed by atoms with van der Waals surface area (Å²) in [6.07, 6.45) is -0.260. The molecule has 0 saturated heterocycles. The molecule has 0 radical (unpaired) electrons. The number of nitrogens with zero attached hydrogens (tertiary/aromatic N) is 1. The number of rotatable bonds is 8. The van der Waals surface area contributed by atoms with E-state index in [0.29, 0.717) is 17.9 Å². The van der Waals surface area contributed by atoms with Gasteiger partial charge in [-0.25, -0.2) is 0 Å². The number of anilines is 3. The van der Waals surface area contributed by atoms with E-state index in [1.807, 2.05) is 79.7 Å². The lowest BCUT2D eigenvalue weighted by Crippen LogP contribution is -2.13. The molecule has 4 aromatic rings. The average Bonchev–Trinajstić information content (AvgIpc) is 2.83. The van der Waals surface area contributed by atoms with Gasteiger partial charge >= 0.3 is 0 Å². The Hall–Kier alpha value is -3.76. The molecule has 156 valence electrons. The molecule has 1 unspecified atom stereocenters. The molecule has 0 amide bonds. The molecule has 0 fully saturated rings. The molecule has 0 saturated carbocycles. The van der Waals surface area contributed by atoms with E-state index in [4.69, 9.17) is 9.47 Å². The van der Waals surface area contributed by atoms with E-state index >= 15 is 0 Å². The zero-order valence-electron chi connectivity index (χ0n) is 17.4. The third-order valence-electron chi connectivity index (χ3n) is 4.80. The molecule has 4 rings (SSSR count). The van der Waals surface area contributed by atoms with Crippen molar-refractivity contribution in [2.24, 2.45) is 0 Å². The van der Waals surface area contributed by atoms with Crippen LogP contribution in [0.25, 0.3) is 0 Å². The van der Waals surface area contributed by atoms with Gasteiger partial charge in [0.25, 0.3) is 0 Å². The normalized spacial score (nSPS) is 11.5. The molecule has 4 heteroatoms. The van der Waals surface area contributed by atoms with E-state index < -0.39 is 6.29 Å². The minimum atomic E-state index is -0.795. The lowest BCUT2D eigenvalue weighted by molar-refractivity contribution is -0.0191. The molecule has 0 aliphatic carbocycles. The summed E-state index contributed by atoms with van der Waals surface area (Å²) >= 11 is 0. The van der Waals surface area contributed by atoms with Crippen molar-refractivity contribution in [3.63, 3.8) is 0 Å². The van der Waals surface area contributed by atoms with Crippen LogP contribution in [0.5, 0.6) is 17.2 Å². The Morgan fingerprint density at radius 1 is 0.613 bits per heavy atom. The van der Waals surface area contributed by atoms with Crippen LogP contribution in [0.2, 0.25) is 0 Å². The highest BCUT2D eigenvalue weighted by molar-refractivity contribution is 5.76. The van der Waals surface area contributed by atoms with Gasteiger partial charge in [-0.15, -0.1) is 0 Å². The fourth-order valence-corrected chi connectivity index (χ4v) is 3.23. The first kappa shape index (κ1) is 20.5. The van der Waals surface area contributed by atoms with Crippen LogP contribution in [-0.4, -0.2) is 11.4 Å². The molecule has 0 bridgehead atoms. The van der Waals surface area contributed by atoms with Crippen molar-refractivity contribution in [1.82, 2.24) is 0 Å². The number of aliphatic hydroxyl groups is 1. The van der Waals surface area contributed by atoms with Crippen LogP contribution < -0.4 is 14.4 Å². The molecule has 4 nitrogen and oxygen atoms in total. The van der Waals surface area contributed by atoms with Gasteiger partial charge in [-0.05, 0) is 72.8 Å². The highest BCUT2D eigenvalue weighted by atomic mass is 16.6. The lowest BCUT2D eigenvalue weighted by atomic mass is 10.2.